The molecule has 0 aliphatic rings. The fourth-order valence-electron chi connectivity index (χ4n) is 1.71. The number of sulfonamides is 1. The zero-order chi connectivity index (χ0) is 15.5. The van der Waals surface area contributed by atoms with Gasteiger partial charge in [0.1, 0.15) is 5.82 Å². The Morgan fingerprint density at radius 1 is 1.38 bits per heavy atom. The monoisotopic (exact) mass is 373 g/mol. The van der Waals surface area contributed by atoms with Gasteiger partial charge in [0.25, 0.3) is 10.0 Å². The van der Waals surface area contributed by atoms with Crippen molar-refractivity contribution in [1.29, 1.82) is 0 Å². The van der Waals surface area contributed by atoms with Crippen molar-refractivity contribution >= 4 is 31.8 Å². The number of anilines is 1. The van der Waals surface area contributed by atoms with Crippen molar-refractivity contribution in [2.45, 2.75) is 25.4 Å². The molecule has 2 aromatic heterocycles. The average molecular weight is 374 g/mol. The lowest BCUT2D eigenvalue weighted by molar-refractivity contribution is 0.594. The molecule has 2 heterocycles. The second kappa shape index (κ2) is 6.54. The Hall–Kier alpha value is -1.45. The molecule has 0 atom stereocenters. The van der Waals surface area contributed by atoms with Crippen LogP contribution in [0, 0.1) is 6.92 Å². The van der Waals surface area contributed by atoms with E-state index >= 15 is 0 Å². The summed E-state index contributed by atoms with van der Waals surface area (Å²) in [5.41, 5.74) is 1.28. The van der Waals surface area contributed by atoms with E-state index in [1.165, 1.54) is 6.20 Å². The molecule has 0 bridgehead atoms. The molecule has 0 saturated carbocycles. The van der Waals surface area contributed by atoms with Gasteiger partial charge in [0.05, 0.1) is 11.9 Å². The summed E-state index contributed by atoms with van der Waals surface area (Å²) in [5.74, 6) is 0.264. The predicted molar refractivity (Wildman–Crippen MR) is 83.5 cm³/mol. The highest BCUT2D eigenvalue weighted by molar-refractivity contribution is 9.10. The van der Waals surface area contributed by atoms with Gasteiger partial charge < -0.3 is 5.32 Å². The van der Waals surface area contributed by atoms with Crippen molar-refractivity contribution in [3.05, 3.63) is 34.1 Å². The third-order valence-corrected chi connectivity index (χ3v) is 4.98. The van der Waals surface area contributed by atoms with E-state index < -0.39 is 10.0 Å². The largest absolute Gasteiger partial charge is 0.313 e. The fraction of sp³-hybridized carbons (Fsp3) is 0.333. The van der Waals surface area contributed by atoms with Gasteiger partial charge in [0.2, 0.25) is 0 Å². The van der Waals surface area contributed by atoms with Crippen LogP contribution in [0.1, 0.15) is 18.2 Å². The highest BCUT2D eigenvalue weighted by Gasteiger charge is 2.21. The molecule has 0 amide bonds. The van der Waals surface area contributed by atoms with Gasteiger partial charge in [-0.15, -0.1) is 0 Å². The summed E-state index contributed by atoms with van der Waals surface area (Å²) >= 11 is 3.32. The number of nitrogens with one attached hydrogen (secondary N) is 3. The number of pyridine rings is 1. The Morgan fingerprint density at radius 3 is 2.81 bits per heavy atom. The van der Waals surface area contributed by atoms with Crippen molar-refractivity contribution in [1.82, 2.24) is 20.5 Å². The number of hydrogen-bond donors (Lipinski definition) is 3. The lowest BCUT2D eigenvalue weighted by atomic mass is 10.3. The first-order valence-corrected chi connectivity index (χ1v) is 8.60. The molecule has 9 heteroatoms. The van der Waals surface area contributed by atoms with Crippen LogP contribution >= 0.6 is 15.9 Å². The van der Waals surface area contributed by atoms with Gasteiger partial charge in [-0.2, -0.15) is 13.5 Å². The predicted octanol–water partition coefficient (Wildman–Crippen LogP) is 1.79. The third kappa shape index (κ3) is 3.80. The van der Waals surface area contributed by atoms with E-state index in [9.17, 15) is 8.42 Å². The number of hydrogen-bond acceptors (Lipinski definition) is 5. The first-order chi connectivity index (χ1) is 9.94. The minimum atomic E-state index is -3.75. The smallest absolute Gasteiger partial charge is 0.280 e. The summed E-state index contributed by atoms with van der Waals surface area (Å²) in [5, 5.41) is 9.44. The number of aromatic nitrogens is 3. The summed E-state index contributed by atoms with van der Waals surface area (Å²) in [7, 11) is -3.75. The topological polar surface area (TPSA) is 99.8 Å². The van der Waals surface area contributed by atoms with Gasteiger partial charge in [-0.25, -0.2) is 4.98 Å². The van der Waals surface area contributed by atoms with E-state index in [-0.39, 0.29) is 10.8 Å². The summed E-state index contributed by atoms with van der Waals surface area (Å²) in [6, 6.07) is 3.33. The van der Waals surface area contributed by atoms with Crippen LogP contribution in [0.15, 0.2) is 27.8 Å². The molecule has 2 rings (SSSR count). The molecule has 114 valence electrons. The first kappa shape index (κ1) is 15.9. The molecule has 7 nitrogen and oxygen atoms in total. The van der Waals surface area contributed by atoms with Crippen LogP contribution in [0.5, 0.6) is 0 Å². The average Bonchev–Trinajstić information content (AvgIpc) is 2.89. The molecule has 0 aliphatic carbocycles. The van der Waals surface area contributed by atoms with Crippen LogP contribution in [-0.2, 0) is 16.6 Å². The molecular formula is C12H16BrN5O2S. The maximum atomic E-state index is 12.4. The summed E-state index contributed by atoms with van der Waals surface area (Å²) in [6.07, 6.45) is 1.50. The van der Waals surface area contributed by atoms with E-state index in [0.717, 1.165) is 11.0 Å². The van der Waals surface area contributed by atoms with E-state index in [1.54, 1.807) is 19.1 Å². The van der Waals surface area contributed by atoms with Crippen LogP contribution in [0.4, 0.5) is 5.82 Å². The Labute approximate surface area is 131 Å². The van der Waals surface area contributed by atoms with E-state index in [0.29, 0.717) is 17.8 Å². The quantitative estimate of drug-likeness (QED) is 0.716. The van der Waals surface area contributed by atoms with Crippen molar-refractivity contribution in [2.24, 2.45) is 0 Å². The molecule has 0 saturated heterocycles. The Bertz CT molecular complexity index is 729. The minimum Gasteiger partial charge on any atom is -0.313 e. The number of rotatable bonds is 6. The van der Waals surface area contributed by atoms with Crippen LogP contribution < -0.4 is 10.0 Å². The highest BCUT2D eigenvalue weighted by atomic mass is 79.9. The van der Waals surface area contributed by atoms with Crippen molar-refractivity contribution in [3.63, 3.8) is 0 Å². The fourth-order valence-corrected chi connectivity index (χ4v) is 3.06. The molecule has 0 aliphatic heterocycles. The van der Waals surface area contributed by atoms with E-state index in [2.05, 4.69) is 41.2 Å². The van der Waals surface area contributed by atoms with Crippen LogP contribution in [0.2, 0.25) is 0 Å². The van der Waals surface area contributed by atoms with Gasteiger partial charge in [0.15, 0.2) is 5.03 Å². The summed E-state index contributed by atoms with van der Waals surface area (Å²) < 4.78 is 28.0. The zero-order valence-electron chi connectivity index (χ0n) is 11.6. The first-order valence-electron chi connectivity index (χ1n) is 6.33. The van der Waals surface area contributed by atoms with E-state index in [4.69, 9.17) is 0 Å². The van der Waals surface area contributed by atoms with Crippen molar-refractivity contribution in [3.8, 4) is 0 Å². The van der Waals surface area contributed by atoms with Gasteiger partial charge in [-0.05, 0) is 41.5 Å². The van der Waals surface area contributed by atoms with E-state index in [1.807, 2.05) is 6.92 Å². The second-order valence-electron chi connectivity index (χ2n) is 4.37. The number of nitrogens with zero attached hydrogens (tertiary/aromatic N) is 2. The normalized spacial score (nSPS) is 11.6. The zero-order valence-corrected chi connectivity index (χ0v) is 14.0. The molecule has 0 fully saturated rings. The van der Waals surface area contributed by atoms with Crippen molar-refractivity contribution in [2.75, 3.05) is 11.3 Å². The number of halogens is 1. The molecule has 0 spiro atoms. The van der Waals surface area contributed by atoms with Gasteiger partial charge in [-0.3, -0.25) is 9.82 Å². The summed E-state index contributed by atoms with van der Waals surface area (Å²) in [4.78, 5) is 4.17. The molecule has 2 aromatic rings. The third-order valence-electron chi connectivity index (χ3n) is 2.77. The second-order valence-corrected chi connectivity index (χ2v) is 6.85. The number of aromatic amines is 1. The number of aryl methyl sites for hydroxylation is 1. The highest BCUT2D eigenvalue weighted by Crippen LogP contribution is 2.19. The van der Waals surface area contributed by atoms with Crippen LogP contribution in [-0.4, -0.2) is 30.1 Å². The molecular weight excluding hydrogens is 358 g/mol. The van der Waals surface area contributed by atoms with Crippen LogP contribution in [0.3, 0.4) is 0 Å². The SMILES string of the molecule is CCNCc1cn[nH]c1S(=O)(=O)Nc1ccc(Br)c(C)n1. The lowest BCUT2D eigenvalue weighted by Crippen LogP contribution is -2.19. The Balaban J connectivity index is 2.26. The van der Waals surface area contributed by atoms with Gasteiger partial charge >= 0.3 is 0 Å². The molecule has 0 unspecified atom stereocenters. The standard InChI is InChI=1S/C12H16BrN5O2S/c1-3-14-6-9-7-15-17-12(9)21(19,20)18-11-5-4-10(13)8(2)16-11/h4-5,7,14H,3,6H2,1-2H3,(H,15,17)(H,16,18). The van der Waals surface area contributed by atoms with Gasteiger partial charge in [0, 0.05) is 16.6 Å². The van der Waals surface area contributed by atoms with Gasteiger partial charge in [-0.1, -0.05) is 6.92 Å². The minimum absolute atomic E-state index is 0.0471. The lowest BCUT2D eigenvalue weighted by Gasteiger charge is -2.09. The molecule has 0 aromatic carbocycles. The summed E-state index contributed by atoms with van der Waals surface area (Å²) in [6.45, 7) is 4.90. The molecule has 3 N–H and O–H groups in total. The Kier molecular flexibility index (Phi) is 4.96. The van der Waals surface area contributed by atoms with Crippen LogP contribution in [0.25, 0.3) is 0 Å². The molecule has 0 radical (unpaired) electrons. The maximum absolute atomic E-state index is 12.4. The maximum Gasteiger partial charge on any atom is 0.280 e. The number of H-pyrrole nitrogens is 1. The Morgan fingerprint density at radius 2 is 2.14 bits per heavy atom. The molecule has 21 heavy (non-hydrogen) atoms. The van der Waals surface area contributed by atoms with Crippen molar-refractivity contribution < 1.29 is 8.42 Å².